The van der Waals surface area contributed by atoms with E-state index in [1.807, 2.05) is 18.2 Å². The van der Waals surface area contributed by atoms with Gasteiger partial charge in [0, 0.05) is 12.5 Å². The number of furan rings is 1. The van der Waals surface area contributed by atoms with Gasteiger partial charge in [-0.05, 0) is 49.2 Å². The van der Waals surface area contributed by atoms with E-state index in [9.17, 15) is 4.39 Å². The summed E-state index contributed by atoms with van der Waals surface area (Å²) in [5, 5.41) is 3.46. The van der Waals surface area contributed by atoms with Crippen molar-refractivity contribution in [2.24, 2.45) is 0 Å². The van der Waals surface area contributed by atoms with Crippen molar-refractivity contribution in [3.05, 3.63) is 53.7 Å². The summed E-state index contributed by atoms with van der Waals surface area (Å²) >= 11 is 0. The van der Waals surface area contributed by atoms with Crippen LogP contribution in [0.4, 0.5) is 4.39 Å². The van der Waals surface area contributed by atoms with Crippen molar-refractivity contribution in [2.45, 2.75) is 32.2 Å². The molecule has 0 aliphatic rings. The molecule has 0 bridgehead atoms. The highest BCUT2D eigenvalue weighted by atomic mass is 19.1. The van der Waals surface area contributed by atoms with Crippen molar-refractivity contribution in [3.8, 4) is 5.75 Å². The predicted octanol–water partition coefficient (Wildman–Crippen LogP) is 4.10. The van der Waals surface area contributed by atoms with Gasteiger partial charge in [-0.1, -0.05) is 13.0 Å². The molecule has 0 saturated carbocycles. The van der Waals surface area contributed by atoms with Gasteiger partial charge in [0.05, 0.1) is 13.4 Å². The average molecular weight is 291 g/mol. The Balaban J connectivity index is 2.08. The summed E-state index contributed by atoms with van der Waals surface area (Å²) in [4.78, 5) is 0. The van der Waals surface area contributed by atoms with Crippen LogP contribution in [0.5, 0.6) is 5.75 Å². The Morgan fingerprint density at radius 3 is 2.81 bits per heavy atom. The monoisotopic (exact) mass is 291 g/mol. The first-order valence-corrected chi connectivity index (χ1v) is 7.33. The highest BCUT2D eigenvalue weighted by Crippen LogP contribution is 2.25. The Hall–Kier alpha value is -1.81. The van der Waals surface area contributed by atoms with E-state index in [4.69, 9.17) is 9.15 Å². The highest BCUT2D eigenvalue weighted by molar-refractivity contribution is 5.31. The molecular weight excluding hydrogens is 269 g/mol. The van der Waals surface area contributed by atoms with Gasteiger partial charge in [-0.15, -0.1) is 0 Å². The van der Waals surface area contributed by atoms with Crippen LogP contribution in [-0.4, -0.2) is 13.7 Å². The molecule has 0 amide bonds. The van der Waals surface area contributed by atoms with Crippen molar-refractivity contribution in [1.29, 1.82) is 0 Å². The molecule has 0 aliphatic heterocycles. The number of benzene rings is 1. The van der Waals surface area contributed by atoms with E-state index in [-0.39, 0.29) is 17.6 Å². The number of ether oxygens (including phenoxy) is 1. The van der Waals surface area contributed by atoms with Gasteiger partial charge in [-0.3, -0.25) is 0 Å². The molecule has 1 unspecified atom stereocenters. The van der Waals surface area contributed by atoms with E-state index >= 15 is 0 Å². The Morgan fingerprint density at radius 1 is 1.33 bits per heavy atom. The lowest BCUT2D eigenvalue weighted by Gasteiger charge is -2.19. The van der Waals surface area contributed by atoms with E-state index in [0.29, 0.717) is 0 Å². The molecule has 1 N–H and O–H groups in total. The summed E-state index contributed by atoms with van der Waals surface area (Å²) in [7, 11) is 1.47. The first-order chi connectivity index (χ1) is 10.2. The van der Waals surface area contributed by atoms with Crippen molar-refractivity contribution in [2.75, 3.05) is 13.7 Å². The third-order valence-electron chi connectivity index (χ3n) is 3.48. The summed E-state index contributed by atoms with van der Waals surface area (Å²) in [5.41, 5.74) is 0.938. The van der Waals surface area contributed by atoms with Gasteiger partial charge in [0.25, 0.3) is 0 Å². The predicted molar refractivity (Wildman–Crippen MR) is 81.0 cm³/mol. The van der Waals surface area contributed by atoms with Crippen LogP contribution in [0, 0.1) is 5.82 Å². The summed E-state index contributed by atoms with van der Waals surface area (Å²) in [6, 6.07) is 9.10. The number of rotatable bonds is 8. The van der Waals surface area contributed by atoms with Gasteiger partial charge in [0.1, 0.15) is 5.76 Å². The maximum Gasteiger partial charge on any atom is 0.165 e. The lowest BCUT2D eigenvalue weighted by molar-refractivity contribution is 0.384. The lowest BCUT2D eigenvalue weighted by atomic mass is 10.0. The molecule has 0 radical (unpaired) electrons. The van der Waals surface area contributed by atoms with E-state index in [1.165, 1.54) is 7.11 Å². The molecule has 3 nitrogen and oxygen atoms in total. The van der Waals surface area contributed by atoms with Gasteiger partial charge in [-0.25, -0.2) is 4.39 Å². The Morgan fingerprint density at radius 2 is 2.19 bits per heavy atom. The molecule has 0 fully saturated rings. The van der Waals surface area contributed by atoms with Crippen LogP contribution < -0.4 is 10.1 Å². The van der Waals surface area contributed by atoms with Crippen LogP contribution in [0.15, 0.2) is 41.0 Å². The van der Waals surface area contributed by atoms with Gasteiger partial charge in [-0.2, -0.15) is 0 Å². The SMILES string of the molecule is CCCNC(CCc1ccco1)c1ccc(OC)c(F)c1. The third kappa shape index (κ3) is 4.33. The molecular formula is C17H22FNO2. The number of aryl methyl sites for hydroxylation is 1. The molecule has 1 aromatic carbocycles. The van der Waals surface area contributed by atoms with Gasteiger partial charge in [0.15, 0.2) is 11.6 Å². The third-order valence-corrected chi connectivity index (χ3v) is 3.48. The maximum absolute atomic E-state index is 13.9. The van der Waals surface area contributed by atoms with Crippen LogP contribution in [-0.2, 0) is 6.42 Å². The van der Waals surface area contributed by atoms with Crippen LogP contribution in [0.1, 0.15) is 37.1 Å². The Bertz CT molecular complexity index is 540. The fraction of sp³-hybridized carbons (Fsp3) is 0.412. The molecule has 114 valence electrons. The molecule has 1 aromatic heterocycles. The van der Waals surface area contributed by atoms with E-state index in [2.05, 4.69) is 12.2 Å². The molecule has 0 aliphatic carbocycles. The van der Waals surface area contributed by atoms with Crippen LogP contribution in [0.3, 0.4) is 0 Å². The topological polar surface area (TPSA) is 34.4 Å². The maximum atomic E-state index is 13.9. The first-order valence-electron chi connectivity index (χ1n) is 7.33. The molecule has 0 spiro atoms. The second kappa shape index (κ2) is 7.84. The molecule has 21 heavy (non-hydrogen) atoms. The van der Waals surface area contributed by atoms with E-state index in [1.54, 1.807) is 18.4 Å². The summed E-state index contributed by atoms with van der Waals surface area (Å²) in [6.07, 6.45) is 4.40. The Kier molecular flexibility index (Phi) is 5.81. The summed E-state index contributed by atoms with van der Waals surface area (Å²) < 4.78 is 24.2. The van der Waals surface area contributed by atoms with Gasteiger partial charge < -0.3 is 14.5 Å². The number of hydrogen-bond donors (Lipinski definition) is 1. The zero-order valence-corrected chi connectivity index (χ0v) is 12.6. The van der Waals surface area contributed by atoms with Crippen LogP contribution in [0.2, 0.25) is 0 Å². The fourth-order valence-electron chi connectivity index (χ4n) is 2.35. The minimum Gasteiger partial charge on any atom is -0.494 e. The molecule has 0 saturated heterocycles. The zero-order valence-electron chi connectivity index (χ0n) is 12.6. The summed E-state index contributed by atoms with van der Waals surface area (Å²) in [5.74, 6) is 0.905. The van der Waals surface area contributed by atoms with Crippen molar-refractivity contribution < 1.29 is 13.5 Å². The second-order valence-electron chi connectivity index (χ2n) is 5.02. The van der Waals surface area contributed by atoms with Crippen LogP contribution >= 0.6 is 0 Å². The number of nitrogens with one attached hydrogen (secondary N) is 1. The molecule has 1 heterocycles. The van der Waals surface area contributed by atoms with Crippen LogP contribution in [0.25, 0.3) is 0 Å². The fourth-order valence-corrected chi connectivity index (χ4v) is 2.35. The van der Waals surface area contributed by atoms with Gasteiger partial charge >= 0.3 is 0 Å². The van der Waals surface area contributed by atoms with E-state index in [0.717, 1.165) is 37.1 Å². The molecule has 2 aromatic rings. The quantitative estimate of drug-likeness (QED) is 0.795. The lowest BCUT2D eigenvalue weighted by Crippen LogP contribution is -2.22. The summed E-state index contributed by atoms with van der Waals surface area (Å²) in [6.45, 7) is 3.02. The number of methoxy groups -OCH3 is 1. The van der Waals surface area contributed by atoms with Gasteiger partial charge in [0.2, 0.25) is 0 Å². The largest absolute Gasteiger partial charge is 0.494 e. The molecule has 1 atom stereocenters. The smallest absolute Gasteiger partial charge is 0.165 e. The number of halogens is 1. The first kappa shape index (κ1) is 15.6. The average Bonchev–Trinajstić information content (AvgIpc) is 3.00. The van der Waals surface area contributed by atoms with Crippen molar-refractivity contribution >= 4 is 0 Å². The minimum atomic E-state index is -0.323. The van der Waals surface area contributed by atoms with Crippen molar-refractivity contribution in [3.63, 3.8) is 0 Å². The normalized spacial score (nSPS) is 12.3. The van der Waals surface area contributed by atoms with Crippen molar-refractivity contribution in [1.82, 2.24) is 5.32 Å². The highest BCUT2D eigenvalue weighted by Gasteiger charge is 2.14. The zero-order chi connectivity index (χ0) is 15.1. The number of hydrogen-bond acceptors (Lipinski definition) is 3. The van der Waals surface area contributed by atoms with E-state index < -0.39 is 0 Å². The Labute approximate surface area is 125 Å². The second-order valence-corrected chi connectivity index (χ2v) is 5.02. The standard InChI is InChI=1S/C17H22FNO2/c1-3-10-19-16(8-7-14-5-4-11-21-14)13-6-9-17(20-2)15(18)12-13/h4-6,9,11-12,16,19H,3,7-8,10H2,1-2H3. The minimum absolute atomic E-state index is 0.107. The molecule has 4 heteroatoms. The molecule has 2 rings (SSSR count).